The van der Waals surface area contributed by atoms with Crippen molar-refractivity contribution in [2.45, 2.75) is 72.6 Å². The summed E-state index contributed by atoms with van der Waals surface area (Å²) >= 11 is 0. The predicted molar refractivity (Wildman–Crippen MR) is 98.1 cm³/mol. The summed E-state index contributed by atoms with van der Waals surface area (Å²) < 4.78 is 4.08. The number of allylic oxidation sites excluding steroid dienone is 5. The fraction of sp³-hybridized carbons (Fsp3) is 0.600. The molecule has 23 heavy (non-hydrogen) atoms. The molecule has 1 aliphatic heterocycles. The highest BCUT2D eigenvalue weighted by molar-refractivity contribution is 5.92. The van der Waals surface area contributed by atoms with Crippen molar-refractivity contribution in [1.29, 1.82) is 0 Å². The average Bonchev–Trinajstić information content (AvgIpc) is 2.96. The lowest BCUT2D eigenvalue weighted by Gasteiger charge is -2.03. The van der Waals surface area contributed by atoms with Crippen molar-refractivity contribution in [2.24, 2.45) is 5.92 Å². The van der Waals surface area contributed by atoms with Gasteiger partial charge in [-0.2, -0.15) is 0 Å². The lowest BCUT2D eigenvalue weighted by molar-refractivity contribution is -0.151. The third-order valence-corrected chi connectivity index (χ3v) is 3.13. The number of unbranched alkanes of at least 4 members (excludes halogenated alkanes) is 1. The van der Waals surface area contributed by atoms with E-state index < -0.39 is 11.9 Å². The molecular formula is C20H34O3. The van der Waals surface area contributed by atoms with Crippen LogP contribution in [-0.4, -0.2) is 11.9 Å². The van der Waals surface area contributed by atoms with Gasteiger partial charge in [-0.3, -0.25) is 9.59 Å². The van der Waals surface area contributed by atoms with E-state index in [1.54, 1.807) is 0 Å². The molecule has 1 heterocycles. The number of esters is 2. The summed E-state index contributed by atoms with van der Waals surface area (Å²) in [6.07, 6.45) is 17.5. The Morgan fingerprint density at radius 3 is 1.87 bits per heavy atom. The molecule has 0 aromatic heterocycles. The number of cyclic esters (lactones) is 2. The van der Waals surface area contributed by atoms with Gasteiger partial charge in [0.15, 0.2) is 0 Å². The Morgan fingerprint density at radius 1 is 1.00 bits per heavy atom. The van der Waals surface area contributed by atoms with Crippen LogP contribution in [0.3, 0.4) is 0 Å². The van der Waals surface area contributed by atoms with Crippen LogP contribution in [0.4, 0.5) is 0 Å². The quantitative estimate of drug-likeness (QED) is 0.247. The highest BCUT2D eigenvalue weighted by Gasteiger charge is 2.19. The Hall–Kier alpha value is -1.64. The first kappa shape index (κ1) is 23.6. The molecule has 0 bridgehead atoms. The monoisotopic (exact) mass is 322 g/mol. The Balaban J connectivity index is 0. The molecule has 0 spiro atoms. The van der Waals surface area contributed by atoms with Crippen molar-refractivity contribution in [3.8, 4) is 0 Å². The van der Waals surface area contributed by atoms with Gasteiger partial charge in [0.25, 0.3) is 0 Å². The predicted octanol–water partition coefficient (Wildman–Crippen LogP) is 5.77. The fourth-order valence-corrected chi connectivity index (χ4v) is 1.73. The molecule has 1 fully saturated rings. The lowest BCUT2D eigenvalue weighted by Crippen LogP contribution is -1.94. The Morgan fingerprint density at radius 2 is 1.52 bits per heavy atom. The highest BCUT2D eigenvalue weighted by Crippen LogP contribution is 2.10. The van der Waals surface area contributed by atoms with Crippen LogP contribution in [0.15, 0.2) is 37.0 Å². The Labute approximate surface area is 142 Å². The van der Waals surface area contributed by atoms with Crippen LogP contribution in [0.25, 0.3) is 0 Å². The topological polar surface area (TPSA) is 43.4 Å². The van der Waals surface area contributed by atoms with Gasteiger partial charge in [-0.05, 0) is 38.0 Å². The molecule has 3 nitrogen and oxygen atoms in total. The molecule has 0 amide bonds. The van der Waals surface area contributed by atoms with E-state index in [9.17, 15) is 9.59 Å². The van der Waals surface area contributed by atoms with Crippen LogP contribution < -0.4 is 0 Å². The zero-order chi connectivity index (χ0) is 17.9. The number of rotatable bonds is 8. The summed E-state index contributed by atoms with van der Waals surface area (Å²) in [6, 6.07) is 0. The van der Waals surface area contributed by atoms with Crippen molar-refractivity contribution in [1.82, 2.24) is 0 Å². The largest absolute Gasteiger partial charge is 0.393 e. The van der Waals surface area contributed by atoms with Crippen LogP contribution in [0.1, 0.15) is 72.6 Å². The van der Waals surface area contributed by atoms with Crippen molar-refractivity contribution in [2.75, 3.05) is 0 Å². The number of carbonyl (C=O) groups is 2. The molecule has 0 aliphatic carbocycles. The van der Waals surface area contributed by atoms with E-state index in [0.29, 0.717) is 5.92 Å². The number of ether oxygens (including phenoxy) is 1. The van der Waals surface area contributed by atoms with Crippen LogP contribution in [0.5, 0.6) is 0 Å². The van der Waals surface area contributed by atoms with Gasteiger partial charge in [0, 0.05) is 0 Å². The van der Waals surface area contributed by atoms with Gasteiger partial charge in [0.2, 0.25) is 0 Å². The van der Waals surface area contributed by atoms with Crippen molar-refractivity contribution in [3.63, 3.8) is 0 Å². The average molecular weight is 322 g/mol. The van der Waals surface area contributed by atoms with E-state index in [0.717, 1.165) is 12.8 Å². The second-order valence-corrected chi connectivity index (χ2v) is 4.91. The van der Waals surface area contributed by atoms with Gasteiger partial charge >= 0.3 is 11.9 Å². The summed E-state index contributed by atoms with van der Waals surface area (Å²) in [5, 5.41) is 0. The molecule has 0 saturated carbocycles. The summed E-state index contributed by atoms with van der Waals surface area (Å²) in [4.78, 5) is 20.0. The maximum absolute atomic E-state index is 10.0. The van der Waals surface area contributed by atoms with Crippen LogP contribution in [0, 0.1) is 5.92 Å². The standard InChI is InChI=1S/C14H24.C4H4O3.C2H6/c1-4-7-8-9-10-11-12-13-14(5-2)6-3;5-3-1-2-4(6)7-3;1-2/h5,7-8,11-12,14H,2,4,6,9-10,13H2,1,3H3;1-2H2;1-2H3/b8-7-,12-11+;;. The van der Waals surface area contributed by atoms with E-state index >= 15 is 0 Å². The molecule has 0 aromatic rings. The zero-order valence-corrected chi connectivity index (χ0v) is 15.3. The molecule has 1 saturated heterocycles. The molecule has 132 valence electrons. The van der Waals surface area contributed by atoms with E-state index in [-0.39, 0.29) is 12.8 Å². The second kappa shape index (κ2) is 18.4. The molecule has 0 aromatic carbocycles. The van der Waals surface area contributed by atoms with Crippen molar-refractivity contribution >= 4 is 11.9 Å². The SMILES string of the molecule is C=CC(CC)C/C=C/CC/C=C\CC.CC.O=C1CCC(=O)O1. The van der Waals surface area contributed by atoms with E-state index in [1.807, 2.05) is 13.8 Å². The van der Waals surface area contributed by atoms with Gasteiger partial charge in [-0.15, -0.1) is 6.58 Å². The third kappa shape index (κ3) is 16.6. The number of hydrogen-bond acceptors (Lipinski definition) is 3. The van der Waals surface area contributed by atoms with E-state index in [4.69, 9.17) is 0 Å². The summed E-state index contributed by atoms with van der Waals surface area (Å²) in [7, 11) is 0. The molecule has 1 aliphatic rings. The van der Waals surface area contributed by atoms with Gasteiger partial charge in [-0.25, -0.2) is 0 Å². The van der Waals surface area contributed by atoms with Crippen LogP contribution in [0.2, 0.25) is 0 Å². The second-order valence-electron chi connectivity index (χ2n) is 4.91. The van der Waals surface area contributed by atoms with Gasteiger partial charge in [-0.1, -0.05) is 58.1 Å². The summed E-state index contributed by atoms with van der Waals surface area (Å²) in [6.45, 7) is 12.2. The minimum absolute atomic E-state index is 0.263. The molecule has 0 radical (unpaired) electrons. The molecule has 1 unspecified atom stereocenters. The molecular weight excluding hydrogens is 288 g/mol. The maximum Gasteiger partial charge on any atom is 0.314 e. The molecule has 3 heteroatoms. The van der Waals surface area contributed by atoms with E-state index in [1.165, 1.54) is 19.3 Å². The first-order valence-electron chi connectivity index (χ1n) is 8.80. The van der Waals surface area contributed by atoms with Crippen molar-refractivity contribution in [3.05, 3.63) is 37.0 Å². The summed E-state index contributed by atoms with van der Waals surface area (Å²) in [5.74, 6) is -0.132. The zero-order valence-electron chi connectivity index (χ0n) is 15.3. The lowest BCUT2D eigenvalue weighted by atomic mass is 10.0. The molecule has 0 N–H and O–H groups in total. The smallest absolute Gasteiger partial charge is 0.314 e. The molecule has 1 rings (SSSR count). The van der Waals surface area contributed by atoms with E-state index in [2.05, 4.69) is 55.5 Å². The number of carbonyl (C=O) groups excluding carboxylic acids is 2. The third-order valence-electron chi connectivity index (χ3n) is 3.13. The Bertz CT molecular complexity index is 353. The van der Waals surface area contributed by atoms with Gasteiger partial charge in [0.05, 0.1) is 12.8 Å². The van der Waals surface area contributed by atoms with Crippen molar-refractivity contribution < 1.29 is 14.3 Å². The van der Waals surface area contributed by atoms with Gasteiger partial charge < -0.3 is 4.74 Å². The maximum atomic E-state index is 10.0. The first-order chi connectivity index (χ1) is 11.1. The first-order valence-corrected chi connectivity index (χ1v) is 8.80. The normalized spacial score (nSPS) is 14.8. The fourth-order valence-electron chi connectivity index (χ4n) is 1.73. The van der Waals surface area contributed by atoms with Gasteiger partial charge in [0.1, 0.15) is 0 Å². The minimum atomic E-state index is -0.398. The minimum Gasteiger partial charge on any atom is -0.393 e. The Kier molecular flexibility index (Phi) is 18.9. The van der Waals surface area contributed by atoms with Crippen LogP contribution in [-0.2, 0) is 14.3 Å². The summed E-state index contributed by atoms with van der Waals surface area (Å²) in [5.41, 5.74) is 0. The highest BCUT2D eigenvalue weighted by atomic mass is 16.6. The number of hydrogen-bond donors (Lipinski definition) is 0. The van der Waals surface area contributed by atoms with Crippen LogP contribution >= 0.6 is 0 Å². The molecule has 1 atom stereocenters.